The molecule has 0 atom stereocenters. The van der Waals surface area contributed by atoms with Crippen molar-refractivity contribution >= 4 is 12.0 Å². The summed E-state index contributed by atoms with van der Waals surface area (Å²) < 4.78 is 5.47. The zero-order valence-electron chi connectivity index (χ0n) is 14.1. The monoisotopic (exact) mass is 325 g/mol. The van der Waals surface area contributed by atoms with E-state index in [2.05, 4.69) is 5.32 Å². The van der Waals surface area contributed by atoms with Crippen LogP contribution < -0.4 is 10.1 Å². The van der Waals surface area contributed by atoms with Gasteiger partial charge in [-0.05, 0) is 31.6 Å². The van der Waals surface area contributed by atoms with E-state index in [-0.39, 0.29) is 19.1 Å². The minimum Gasteiger partial charge on any atom is -0.491 e. The molecule has 0 aliphatic heterocycles. The van der Waals surface area contributed by atoms with Gasteiger partial charge in [-0.1, -0.05) is 48.0 Å². The smallest absolute Gasteiger partial charge is 0.247 e. The highest BCUT2D eigenvalue weighted by atomic mass is 16.5. The highest BCUT2D eigenvalue weighted by Gasteiger charge is 2.07. The van der Waals surface area contributed by atoms with Crippen molar-refractivity contribution in [2.75, 3.05) is 13.2 Å². The summed E-state index contributed by atoms with van der Waals surface area (Å²) in [5, 5.41) is 11.8. The average Bonchev–Trinajstić information content (AvgIpc) is 2.60. The second kappa shape index (κ2) is 8.89. The van der Waals surface area contributed by atoms with Crippen LogP contribution >= 0.6 is 0 Å². The highest BCUT2D eigenvalue weighted by Crippen LogP contribution is 2.17. The van der Waals surface area contributed by atoms with Gasteiger partial charge in [0.05, 0.1) is 6.61 Å². The molecule has 0 unspecified atom stereocenters. The molecule has 2 aromatic rings. The Balaban J connectivity index is 1.98. The van der Waals surface area contributed by atoms with E-state index in [4.69, 9.17) is 9.84 Å². The first-order valence-corrected chi connectivity index (χ1v) is 7.95. The summed E-state index contributed by atoms with van der Waals surface area (Å²) in [6.07, 6.45) is 1.86. The SMILES string of the molecule is C/C(=C/c1ccc(C)cc1)C(=O)NCc1ccccc1OCCO. The second-order valence-electron chi connectivity index (χ2n) is 5.60. The van der Waals surface area contributed by atoms with E-state index in [1.807, 2.05) is 61.5 Å². The van der Waals surface area contributed by atoms with E-state index in [1.54, 1.807) is 6.92 Å². The Morgan fingerprint density at radius 3 is 2.58 bits per heavy atom. The molecule has 0 saturated heterocycles. The Kier molecular flexibility index (Phi) is 6.58. The quantitative estimate of drug-likeness (QED) is 0.769. The zero-order chi connectivity index (χ0) is 17.4. The van der Waals surface area contributed by atoms with Crippen molar-refractivity contribution in [3.05, 3.63) is 70.8 Å². The number of aliphatic hydroxyl groups is 1. The van der Waals surface area contributed by atoms with E-state index in [9.17, 15) is 4.79 Å². The summed E-state index contributed by atoms with van der Waals surface area (Å²) in [5.74, 6) is 0.555. The van der Waals surface area contributed by atoms with Crippen LogP contribution in [0.4, 0.5) is 0 Å². The number of aliphatic hydroxyl groups excluding tert-OH is 1. The van der Waals surface area contributed by atoms with Crippen molar-refractivity contribution in [3.63, 3.8) is 0 Å². The lowest BCUT2D eigenvalue weighted by Crippen LogP contribution is -2.23. The van der Waals surface area contributed by atoms with Gasteiger partial charge in [0, 0.05) is 17.7 Å². The number of nitrogens with one attached hydrogen (secondary N) is 1. The number of ether oxygens (including phenoxy) is 1. The number of carbonyl (C=O) groups excluding carboxylic acids is 1. The average molecular weight is 325 g/mol. The minimum absolute atomic E-state index is 0.0426. The van der Waals surface area contributed by atoms with Crippen LogP contribution in [0.25, 0.3) is 6.08 Å². The lowest BCUT2D eigenvalue weighted by molar-refractivity contribution is -0.117. The summed E-state index contributed by atoms with van der Waals surface area (Å²) in [5.41, 5.74) is 3.71. The zero-order valence-corrected chi connectivity index (χ0v) is 14.1. The molecule has 0 heterocycles. The molecule has 2 N–H and O–H groups in total. The predicted octanol–water partition coefficient (Wildman–Crippen LogP) is 3.09. The molecule has 1 amide bonds. The number of carbonyl (C=O) groups is 1. The predicted molar refractivity (Wildman–Crippen MR) is 95.7 cm³/mol. The molecule has 2 aromatic carbocycles. The standard InChI is InChI=1S/C20H23NO3/c1-15-7-9-17(10-8-15)13-16(2)20(23)21-14-18-5-3-4-6-19(18)24-12-11-22/h3-10,13,22H,11-12,14H2,1-2H3,(H,21,23)/b16-13-. The van der Waals surface area contributed by atoms with Crippen molar-refractivity contribution in [1.82, 2.24) is 5.32 Å². The van der Waals surface area contributed by atoms with Crippen LogP contribution in [-0.4, -0.2) is 24.2 Å². The first-order valence-electron chi connectivity index (χ1n) is 7.95. The molecular weight excluding hydrogens is 302 g/mol. The van der Waals surface area contributed by atoms with E-state index >= 15 is 0 Å². The van der Waals surface area contributed by atoms with E-state index < -0.39 is 0 Å². The molecule has 0 aliphatic rings. The number of hydrogen-bond acceptors (Lipinski definition) is 3. The molecule has 0 fully saturated rings. The molecular formula is C20H23NO3. The summed E-state index contributed by atoms with van der Waals surface area (Å²) in [7, 11) is 0. The molecule has 0 radical (unpaired) electrons. The van der Waals surface area contributed by atoms with Crippen molar-refractivity contribution in [1.29, 1.82) is 0 Å². The summed E-state index contributed by atoms with van der Waals surface area (Å²) in [6, 6.07) is 15.5. The summed E-state index contributed by atoms with van der Waals surface area (Å²) in [6.45, 7) is 4.39. The maximum atomic E-state index is 12.3. The number of hydrogen-bond donors (Lipinski definition) is 2. The molecule has 0 spiro atoms. The number of aryl methyl sites for hydroxylation is 1. The molecule has 0 saturated carbocycles. The molecule has 4 heteroatoms. The van der Waals surface area contributed by atoms with Crippen LogP contribution in [0.3, 0.4) is 0 Å². The molecule has 0 bridgehead atoms. The summed E-state index contributed by atoms with van der Waals surface area (Å²) >= 11 is 0. The first kappa shape index (κ1) is 17.8. The fourth-order valence-corrected chi connectivity index (χ4v) is 2.24. The largest absolute Gasteiger partial charge is 0.491 e. The van der Waals surface area contributed by atoms with Gasteiger partial charge < -0.3 is 15.2 Å². The Morgan fingerprint density at radius 2 is 1.88 bits per heavy atom. The van der Waals surface area contributed by atoms with Crippen LogP contribution in [-0.2, 0) is 11.3 Å². The Labute approximate surface area is 142 Å². The number of benzene rings is 2. The van der Waals surface area contributed by atoms with Gasteiger partial charge in [-0.2, -0.15) is 0 Å². The lowest BCUT2D eigenvalue weighted by Gasteiger charge is -2.11. The molecule has 24 heavy (non-hydrogen) atoms. The third-order valence-corrected chi connectivity index (χ3v) is 3.58. The van der Waals surface area contributed by atoms with Gasteiger partial charge in [0.2, 0.25) is 5.91 Å². The van der Waals surface area contributed by atoms with Gasteiger partial charge >= 0.3 is 0 Å². The summed E-state index contributed by atoms with van der Waals surface area (Å²) in [4.78, 5) is 12.3. The third kappa shape index (κ3) is 5.25. The first-order chi connectivity index (χ1) is 11.6. The van der Waals surface area contributed by atoms with E-state index in [0.717, 1.165) is 11.1 Å². The Hall–Kier alpha value is -2.59. The fourth-order valence-electron chi connectivity index (χ4n) is 2.24. The maximum Gasteiger partial charge on any atom is 0.247 e. The molecule has 0 aromatic heterocycles. The van der Waals surface area contributed by atoms with Gasteiger partial charge in [-0.15, -0.1) is 0 Å². The number of para-hydroxylation sites is 1. The van der Waals surface area contributed by atoms with Crippen molar-refractivity contribution in [2.45, 2.75) is 20.4 Å². The Morgan fingerprint density at radius 1 is 1.17 bits per heavy atom. The highest BCUT2D eigenvalue weighted by molar-refractivity contribution is 5.97. The Bertz CT molecular complexity index is 705. The van der Waals surface area contributed by atoms with Crippen molar-refractivity contribution in [2.24, 2.45) is 0 Å². The normalized spacial score (nSPS) is 11.2. The fraction of sp³-hybridized carbons (Fsp3) is 0.250. The van der Waals surface area contributed by atoms with Gasteiger partial charge in [-0.25, -0.2) is 0 Å². The van der Waals surface area contributed by atoms with Crippen LogP contribution in [0, 0.1) is 6.92 Å². The maximum absolute atomic E-state index is 12.3. The van der Waals surface area contributed by atoms with Gasteiger partial charge in [0.15, 0.2) is 0 Å². The minimum atomic E-state index is -0.118. The molecule has 2 rings (SSSR count). The van der Waals surface area contributed by atoms with E-state index in [1.165, 1.54) is 5.56 Å². The number of amides is 1. The van der Waals surface area contributed by atoms with Gasteiger partial charge in [-0.3, -0.25) is 4.79 Å². The van der Waals surface area contributed by atoms with Gasteiger partial charge in [0.25, 0.3) is 0 Å². The molecule has 126 valence electrons. The topological polar surface area (TPSA) is 58.6 Å². The van der Waals surface area contributed by atoms with Crippen molar-refractivity contribution in [3.8, 4) is 5.75 Å². The van der Waals surface area contributed by atoms with Crippen LogP contribution in [0.2, 0.25) is 0 Å². The lowest BCUT2D eigenvalue weighted by atomic mass is 10.1. The van der Waals surface area contributed by atoms with Crippen LogP contribution in [0.15, 0.2) is 54.1 Å². The van der Waals surface area contributed by atoms with Crippen LogP contribution in [0.1, 0.15) is 23.6 Å². The molecule has 0 aliphatic carbocycles. The molecule has 4 nitrogen and oxygen atoms in total. The third-order valence-electron chi connectivity index (χ3n) is 3.58. The van der Waals surface area contributed by atoms with Crippen LogP contribution in [0.5, 0.6) is 5.75 Å². The van der Waals surface area contributed by atoms with Crippen molar-refractivity contribution < 1.29 is 14.6 Å². The number of rotatable bonds is 7. The van der Waals surface area contributed by atoms with Gasteiger partial charge in [0.1, 0.15) is 12.4 Å². The van der Waals surface area contributed by atoms with E-state index in [0.29, 0.717) is 17.9 Å². The second-order valence-corrected chi connectivity index (χ2v) is 5.60.